The summed E-state index contributed by atoms with van der Waals surface area (Å²) in [4.78, 5) is 0. The van der Waals surface area contributed by atoms with Crippen LogP contribution in [0.1, 0.15) is 49.1 Å². The van der Waals surface area contributed by atoms with Gasteiger partial charge in [0, 0.05) is 10.9 Å². The fraction of sp³-hybridized carbons (Fsp3) is 0.429. The third-order valence-corrected chi connectivity index (χ3v) is 3.27. The Bertz CT molecular complexity index is 361. The van der Waals surface area contributed by atoms with Crippen molar-refractivity contribution in [3.05, 3.63) is 35.4 Å². The Hall–Kier alpha value is -0.930. The zero-order chi connectivity index (χ0) is 10.5. The van der Waals surface area contributed by atoms with Gasteiger partial charge >= 0.3 is 0 Å². The van der Waals surface area contributed by atoms with Crippen molar-refractivity contribution in [2.45, 2.75) is 38.0 Å². The van der Waals surface area contributed by atoms with E-state index in [0.717, 1.165) is 11.5 Å². The molecule has 1 aliphatic rings. The van der Waals surface area contributed by atoms with Crippen LogP contribution in [0.25, 0.3) is 0 Å². The molecule has 1 saturated carbocycles. The fourth-order valence-electron chi connectivity index (χ4n) is 2.33. The lowest BCUT2D eigenvalue weighted by Crippen LogP contribution is -2.04. The van der Waals surface area contributed by atoms with Gasteiger partial charge in [0.1, 0.15) is 0 Å². The summed E-state index contributed by atoms with van der Waals surface area (Å²) in [5.41, 5.74) is 2.47. The zero-order valence-electron chi connectivity index (χ0n) is 8.80. The normalized spacial score (nSPS) is 16.9. The Labute approximate surface area is 96.6 Å². The van der Waals surface area contributed by atoms with Crippen molar-refractivity contribution in [1.82, 2.24) is 0 Å². The summed E-state index contributed by atoms with van der Waals surface area (Å²) in [7, 11) is 0. The van der Waals surface area contributed by atoms with Crippen LogP contribution in [0, 0.1) is 11.3 Å². The van der Waals surface area contributed by atoms with Gasteiger partial charge in [-0.25, -0.2) is 0 Å². The maximum Gasteiger partial charge on any atom is 0.0258 e. The number of benzene rings is 1. The second-order valence-electron chi connectivity index (χ2n) is 4.18. The molecule has 0 nitrogen and oxygen atoms in total. The van der Waals surface area contributed by atoms with E-state index in [9.17, 15) is 0 Å². The molecule has 0 bridgehead atoms. The van der Waals surface area contributed by atoms with Crippen LogP contribution in [0.5, 0.6) is 0 Å². The van der Waals surface area contributed by atoms with Gasteiger partial charge in [0.15, 0.2) is 0 Å². The second kappa shape index (κ2) is 5.24. The van der Waals surface area contributed by atoms with Gasteiger partial charge in [-0.2, -0.15) is 0 Å². The standard InChI is InChI=1S/C14H15Cl/c15-11-10-12-6-8-14(9-7-12)13-4-2-1-3-5-13/h6-9,13H,1-5H2. The predicted octanol–water partition coefficient (Wildman–Crippen LogP) is 4.28. The van der Waals surface area contributed by atoms with Crippen LogP contribution in [0.15, 0.2) is 24.3 Å². The molecule has 78 valence electrons. The number of halogens is 1. The molecule has 1 aromatic rings. The lowest BCUT2D eigenvalue weighted by molar-refractivity contribution is 0.443. The molecule has 1 aliphatic carbocycles. The molecule has 0 spiro atoms. The molecule has 0 aliphatic heterocycles. The van der Waals surface area contributed by atoms with Crippen molar-refractivity contribution < 1.29 is 0 Å². The van der Waals surface area contributed by atoms with Crippen LogP contribution < -0.4 is 0 Å². The van der Waals surface area contributed by atoms with E-state index in [0.29, 0.717) is 0 Å². The molecule has 0 heterocycles. The molecule has 1 fully saturated rings. The van der Waals surface area contributed by atoms with Gasteiger partial charge in [-0.1, -0.05) is 31.4 Å². The first-order valence-electron chi connectivity index (χ1n) is 5.62. The minimum absolute atomic E-state index is 0.775. The molecule has 2 rings (SSSR count). The molecule has 0 unspecified atom stereocenters. The first-order chi connectivity index (χ1) is 7.40. The van der Waals surface area contributed by atoms with Gasteiger partial charge in [0.2, 0.25) is 0 Å². The molecular weight excluding hydrogens is 204 g/mol. The molecule has 0 saturated heterocycles. The van der Waals surface area contributed by atoms with E-state index in [1.165, 1.54) is 37.7 Å². The minimum atomic E-state index is 0.775. The maximum absolute atomic E-state index is 5.36. The van der Waals surface area contributed by atoms with Gasteiger partial charge in [-0.15, -0.1) is 0 Å². The van der Waals surface area contributed by atoms with Crippen LogP contribution in [0.2, 0.25) is 0 Å². The third-order valence-electron chi connectivity index (χ3n) is 3.18. The molecule has 0 amide bonds. The highest BCUT2D eigenvalue weighted by atomic mass is 35.5. The van der Waals surface area contributed by atoms with E-state index in [1.807, 2.05) is 0 Å². The smallest absolute Gasteiger partial charge is 0.0258 e. The Balaban J connectivity index is 2.10. The minimum Gasteiger partial charge on any atom is -0.0575 e. The Kier molecular flexibility index (Phi) is 3.69. The number of hydrogen-bond acceptors (Lipinski definition) is 0. The average molecular weight is 219 g/mol. The van der Waals surface area contributed by atoms with E-state index >= 15 is 0 Å². The SMILES string of the molecule is ClC#Cc1ccc(C2CCCCC2)cc1. The first kappa shape index (κ1) is 10.6. The molecule has 1 heteroatoms. The lowest BCUT2D eigenvalue weighted by atomic mass is 9.84. The fourth-order valence-corrected chi connectivity index (χ4v) is 2.44. The van der Waals surface area contributed by atoms with Crippen LogP contribution >= 0.6 is 11.6 Å². The van der Waals surface area contributed by atoms with Crippen LogP contribution in [-0.2, 0) is 0 Å². The molecule has 0 atom stereocenters. The quantitative estimate of drug-likeness (QED) is 0.618. The van der Waals surface area contributed by atoms with Crippen molar-refractivity contribution in [1.29, 1.82) is 0 Å². The predicted molar refractivity (Wildman–Crippen MR) is 65.0 cm³/mol. The highest BCUT2D eigenvalue weighted by Gasteiger charge is 2.14. The highest BCUT2D eigenvalue weighted by Crippen LogP contribution is 2.32. The van der Waals surface area contributed by atoms with Crippen LogP contribution in [0.3, 0.4) is 0 Å². The molecular formula is C14H15Cl. The van der Waals surface area contributed by atoms with E-state index in [4.69, 9.17) is 11.6 Å². The van der Waals surface area contributed by atoms with E-state index in [-0.39, 0.29) is 0 Å². The van der Waals surface area contributed by atoms with Gasteiger partial charge in [0.05, 0.1) is 0 Å². The average Bonchev–Trinajstić information content (AvgIpc) is 2.32. The Morgan fingerprint density at radius 3 is 2.27 bits per heavy atom. The summed E-state index contributed by atoms with van der Waals surface area (Å²) < 4.78 is 0. The monoisotopic (exact) mass is 218 g/mol. The molecule has 0 radical (unpaired) electrons. The van der Waals surface area contributed by atoms with Gasteiger partial charge in [-0.3, -0.25) is 0 Å². The van der Waals surface area contributed by atoms with Crippen molar-refractivity contribution >= 4 is 11.6 Å². The van der Waals surface area contributed by atoms with Crippen molar-refractivity contribution in [3.8, 4) is 11.3 Å². The molecule has 1 aromatic carbocycles. The summed E-state index contributed by atoms with van der Waals surface area (Å²) in [5.74, 6) is 3.63. The first-order valence-corrected chi connectivity index (χ1v) is 5.99. The summed E-state index contributed by atoms with van der Waals surface area (Å²) in [5, 5.41) is 2.41. The highest BCUT2D eigenvalue weighted by molar-refractivity contribution is 6.30. The van der Waals surface area contributed by atoms with Crippen molar-refractivity contribution in [3.63, 3.8) is 0 Å². The second-order valence-corrected chi connectivity index (χ2v) is 4.37. The Morgan fingerprint density at radius 2 is 1.67 bits per heavy atom. The van der Waals surface area contributed by atoms with Gasteiger partial charge < -0.3 is 0 Å². The van der Waals surface area contributed by atoms with E-state index in [2.05, 4.69) is 35.6 Å². The third kappa shape index (κ3) is 2.76. The van der Waals surface area contributed by atoms with E-state index in [1.54, 1.807) is 0 Å². The topological polar surface area (TPSA) is 0 Å². The van der Waals surface area contributed by atoms with Gasteiger partial charge in [-0.05, 0) is 54.0 Å². The van der Waals surface area contributed by atoms with Crippen molar-refractivity contribution in [2.75, 3.05) is 0 Å². The number of rotatable bonds is 1. The summed E-state index contributed by atoms with van der Waals surface area (Å²) in [6, 6.07) is 8.54. The summed E-state index contributed by atoms with van der Waals surface area (Å²) in [6.45, 7) is 0. The van der Waals surface area contributed by atoms with Gasteiger partial charge in [0.25, 0.3) is 0 Å². The van der Waals surface area contributed by atoms with Crippen LogP contribution in [-0.4, -0.2) is 0 Å². The maximum atomic E-state index is 5.36. The number of hydrogen-bond donors (Lipinski definition) is 0. The summed E-state index contributed by atoms with van der Waals surface area (Å²) in [6.07, 6.45) is 6.87. The Morgan fingerprint density at radius 1 is 1.00 bits per heavy atom. The van der Waals surface area contributed by atoms with Crippen molar-refractivity contribution in [2.24, 2.45) is 0 Å². The summed E-state index contributed by atoms with van der Waals surface area (Å²) >= 11 is 5.36. The van der Waals surface area contributed by atoms with E-state index < -0.39 is 0 Å². The molecule has 0 N–H and O–H groups in total. The van der Waals surface area contributed by atoms with Crippen LogP contribution in [0.4, 0.5) is 0 Å². The largest absolute Gasteiger partial charge is 0.0575 e. The molecule has 0 aromatic heterocycles. The molecule has 15 heavy (non-hydrogen) atoms. The lowest BCUT2D eigenvalue weighted by Gasteiger charge is -2.21. The zero-order valence-corrected chi connectivity index (χ0v) is 9.56.